The topological polar surface area (TPSA) is 27.7 Å². The molecule has 1 fully saturated rings. The van der Waals surface area contributed by atoms with Crippen molar-refractivity contribution in [3.63, 3.8) is 0 Å². The van der Waals surface area contributed by atoms with Crippen LogP contribution in [0.4, 0.5) is 0 Å². The Bertz CT molecular complexity index is 191. The zero-order valence-electron chi connectivity index (χ0n) is 10.8. The second-order valence-corrected chi connectivity index (χ2v) is 13.4. The maximum absolute atomic E-state index is 6.13. The minimum absolute atomic E-state index is 0.161. The normalized spacial score (nSPS) is 22.0. The van der Waals surface area contributed by atoms with Gasteiger partial charge in [0.1, 0.15) is 0 Å². The Morgan fingerprint density at radius 1 is 0.933 bits per heavy atom. The van der Waals surface area contributed by atoms with Crippen molar-refractivity contribution in [3.8, 4) is 0 Å². The first-order valence-corrected chi connectivity index (χ1v) is 11.2. The molecule has 0 amide bonds. The van der Waals surface area contributed by atoms with Crippen molar-refractivity contribution in [2.45, 2.75) is 63.6 Å². The fourth-order valence-corrected chi connectivity index (χ4v) is 11.4. The summed E-state index contributed by atoms with van der Waals surface area (Å²) in [4.78, 5) is 0. The molecule has 0 aromatic carbocycles. The average Bonchev–Trinajstić information content (AvgIpc) is 2.27. The van der Waals surface area contributed by atoms with Crippen molar-refractivity contribution in [1.29, 1.82) is 0 Å². The minimum atomic E-state index is -3.21. The standard InChI is InChI=1S/2C4H9O.C3H6O.Sn/c2*1-4(2,3)5;1-2-3-4;/h2*1-3H3;1-3H2;/q3*-1;+3. The van der Waals surface area contributed by atoms with Gasteiger partial charge in [-0.1, -0.05) is 0 Å². The monoisotopic (exact) mass is 324 g/mol. The third kappa shape index (κ3) is 5.02. The molecule has 0 atom stereocenters. The van der Waals surface area contributed by atoms with Gasteiger partial charge in [0.25, 0.3) is 0 Å². The predicted molar refractivity (Wildman–Crippen MR) is 62.8 cm³/mol. The van der Waals surface area contributed by atoms with Crippen LogP contribution in [0.1, 0.15) is 48.0 Å². The van der Waals surface area contributed by atoms with Crippen LogP contribution < -0.4 is 0 Å². The van der Waals surface area contributed by atoms with E-state index in [1.807, 2.05) is 0 Å². The molecular weight excluding hydrogens is 299 g/mol. The van der Waals surface area contributed by atoms with Crippen molar-refractivity contribution in [2.75, 3.05) is 6.61 Å². The molecule has 0 aliphatic carbocycles. The van der Waals surface area contributed by atoms with Crippen LogP contribution in [0, 0.1) is 0 Å². The molecule has 0 saturated carbocycles. The molecule has 0 N–H and O–H groups in total. The van der Waals surface area contributed by atoms with E-state index in [2.05, 4.69) is 41.5 Å². The summed E-state index contributed by atoms with van der Waals surface area (Å²) in [5, 5.41) is 0. The Balaban J connectivity index is 2.71. The third-order valence-electron chi connectivity index (χ3n) is 1.87. The van der Waals surface area contributed by atoms with Crippen molar-refractivity contribution in [3.05, 3.63) is 0 Å². The van der Waals surface area contributed by atoms with Crippen LogP contribution in [0.15, 0.2) is 0 Å². The Morgan fingerprint density at radius 2 is 1.40 bits per heavy atom. The van der Waals surface area contributed by atoms with Gasteiger partial charge in [-0.2, -0.15) is 0 Å². The molecule has 1 aliphatic rings. The molecule has 4 heteroatoms. The molecule has 0 radical (unpaired) electrons. The summed E-state index contributed by atoms with van der Waals surface area (Å²) in [5.74, 6) is 0. The van der Waals surface area contributed by atoms with Crippen LogP contribution in [0.25, 0.3) is 0 Å². The molecular formula is C11H24O3Sn. The van der Waals surface area contributed by atoms with Crippen LogP contribution in [-0.4, -0.2) is 37.4 Å². The van der Waals surface area contributed by atoms with E-state index < -0.39 is 19.6 Å². The summed E-state index contributed by atoms with van der Waals surface area (Å²) in [7, 11) is 0. The van der Waals surface area contributed by atoms with Crippen LogP contribution in [0.3, 0.4) is 0 Å². The summed E-state index contributed by atoms with van der Waals surface area (Å²) in [6.07, 6.45) is 1.09. The summed E-state index contributed by atoms with van der Waals surface area (Å²) in [5.41, 5.74) is -0.322. The average molecular weight is 323 g/mol. The zero-order valence-corrected chi connectivity index (χ0v) is 13.7. The number of rotatable bonds is 2. The summed E-state index contributed by atoms with van der Waals surface area (Å²) < 4.78 is 19.1. The molecule has 1 heterocycles. The predicted octanol–water partition coefficient (Wildman–Crippen LogP) is 2.98. The number of hydrogen-bond acceptors (Lipinski definition) is 3. The van der Waals surface area contributed by atoms with Gasteiger partial charge in [-0.25, -0.2) is 0 Å². The van der Waals surface area contributed by atoms with Crippen molar-refractivity contribution in [2.24, 2.45) is 0 Å². The summed E-state index contributed by atoms with van der Waals surface area (Å²) in [6.45, 7) is 13.2. The fourth-order valence-electron chi connectivity index (χ4n) is 1.70. The van der Waals surface area contributed by atoms with E-state index in [0.29, 0.717) is 0 Å². The van der Waals surface area contributed by atoms with Gasteiger partial charge in [-0.15, -0.1) is 0 Å². The first kappa shape index (κ1) is 13.7. The Morgan fingerprint density at radius 3 is 1.67 bits per heavy atom. The molecule has 15 heavy (non-hydrogen) atoms. The zero-order chi connectivity index (χ0) is 11.7. The van der Waals surface area contributed by atoms with E-state index in [1.165, 1.54) is 0 Å². The summed E-state index contributed by atoms with van der Waals surface area (Å²) in [6, 6.07) is 0. The number of hydrogen-bond donors (Lipinski definition) is 0. The van der Waals surface area contributed by atoms with Crippen molar-refractivity contribution < 1.29 is 9.22 Å². The Hall–Kier alpha value is 0.679. The van der Waals surface area contributed by atoms with Gasteiger partial charge in [0.05, 0.1) is 0 Å². The van der Waals surface area contributed by atoms with Gasteiger partial charge in [-0.05, 0) is 0 Å². The van der Waals surface area contributed by atoms with Gasteiger partial charge >= 0.3 is 99.1 Å². The van der Waals surface area contributed by atoms with Gasteiger partial charge in [0.2, 0.25) is 0 Å². The summed E-state index contributed by atoms with van der Waals surface area (Å²) >= 11 is -3.21. The Kier molecular flexibility index (Phi) is 4.13. The van der Waals surface area contributed by atoms with Gasteiger partial charge < -0.3 is 0 Å². The maximum atomic E-state index is 6.13. The van der Waals surface area contributed by atoms with Crippen LogP contribution in [0.2, 0.25) is 4.44 Å². The Labute approximate surface area is 99.0 Å². The van der Waals surface area contributed by atoms with Gasteiger partial charge in [0, 0.05) is 0 Å². The van der Waals surface area contributed by atoms with Gasteiger partial charge in [0.15, 0.2) is 0 Å². The van der Waals surface area contributed by atoms with E-state index >= 15 is 0 Å². The van der Waals surface area contributed by atoms with Crippen LogP contribution >= 0.6 is 0 Å². The second kappa shape index (κ2) is 4.51. The fraction of sp³-hybridized carbons (Fsp3) is 1.00. The van der Waals surface area contributed by atoms with Gasteiger partial charge in [-0.3, -0.25) is 0 Å². The van der Waals surface area contributed by atoms with Crippen LogP contribution in [-0.2, 0) is 9.22 Å². The van der Waals surface area contributed by atoms with E-state index in [9.17, 15) is 0 Å². The van der Waals surface area contributed by atoms with Crippen molar-refractivity contribution in [1.82, 2.24) is 0 Å². The molecule has 0 aromatic heterocycles. The molecule has 3 nitrogen and oxygen atoms in total. The molecule has 90 valence electrons. The van der Waals surface area contributed by atoms with E-state index in [4.69, 9.17) is 9.22 Å². The SMILES string of the molecule is CC(C)(C)[O][Sn]1([O]C(C)(C)C)[CH2]CC[O]1. The molecule has 1 saturated heterocycles. The second-order valence-electron chi connectivity index (χ2n) is 6.06. The van der Waals surface area contributed by atoms with Crippen LogP contribution in [0.5, 0.6) is 0 Å². The van der Waals surface area contributed by atoms with Crippen molar-refractivity contribution >= 4 is 19.6 Å². The quantitative estimate of drug-likeness (QED) is 0.731. The van der Waals surface area contributed by atoms with E-state index in [1.54, 1.807) is 0 Å². The first-order valence-electron chi connectivity index (χ1n) is 5.66. The molecule has 0 aromatic rings. The molecule has 0 spiro atoms. The molecule has 0 unspecified atom stereocenters. The molecule has 0 bridgehead atoms. The molecule has 1 rings (SSSR count). The van der Waals surface area contributed by atoms with E-state index in [-0.39, 0.29) is 11.2 Å². The first-order chi connectivity index (χ1) is 6.62. The van der Waals surface area contributed by atoms with E-state index in [0.717, 1.165) is 17.5 Å². The molecule has 1 aliphatic heterocycles. The third-order valence-corrected chi connectivity index (χ3v) is 11.7.